The first-order chi connectivity index (χ1) is 31.9. The van der Waals surface area contributed by atoms with Crippen molar-refractivity contribution in [1.29, 1.82) is 0 Å². The molecule has 4 heteroatoms. The van der Waals surface area contributed by atoms with Gasteiger partial charge in [-0.2, -0.15) is 0 Å². The van der Waals surface area contributed by atoms with Gasteiger partial charge in [0.2, 0.25) is 0 Å². The lowest BCUT2D eigenvalue weighted by atomic mass is 9.33. The molecule has 65 heavy (non-hydrogen) atoms. The molecule has 1 saturated carbocycles. The molecule has 3 aliphatic heterocycles. The van der Waals surface area contributed by atoms with Gasteiger partial charge in [-0.25, -0.2) is 0 Å². The van der Waals surface area contributed by atoms with Gasteiger partial charge >= 0.3 is 0 Å². The number of aryl methyl sites for hydroxylation is 1. The van der Waals surface area contributed by atoms with Crippen molar-refractivity contribution in [3.8, 4) is 22.3 Å². The minimum absolute atomic E-state index is 0.00665. The fourth-order valence-corrected chi connectivity index (χ4v) is 12.6. The molecule has 3 heterocycles. The molecule has 9 aromatic carbocycles. The van der Waals surface area contributed by atoms with E-state index in [4.69, 9.17) is 0 Å². The van der Waals surface area contributed by atoms with E-state index in [-0.39, 0.29) is 17.7 Å². The predicted molar refractivity (Wildman–Crippen MR) is 276 cm³/mol. The average Bonchev–Trinajstić information content (AvgIpc) is 3.57. The molecule has 1 aliphatic carbocycles. The summed E-state index contributed by atoms with van der Waals surface area (Å²) in [7, 11) is 0. The lowest BCUT2D eigenvalue weighted by Gasteiger charge is -2.52. The van der Waals surface area contributed by atoms with Crippen LogP contribution < -0.4 is 31.1 Å². The molecule has 9 aromatic rings. The van der Waals surface area contributed by atoms with Crippen LogP contribution in [0.15, 0.2) is 200 Å². The zero-order valence-electron chi connectivity index (χ0n) is 37.3. The molecule has 3 nitrogen and oxygen atoms in total. The first-order valence-electron chi connectivity index (χ1n) is 23.5. The summed E-state index contributed by atoms with van der Waals surface area (Å²) in [5.74, 6) is 0. The van der Waals surface area contributed by atoms with Gasteiger partial charge in [0.05, 0.1) is 5.54 Å². The third kappa shape index (κ3) is 5.56. The Morgan fingerprint density at radius 1 is 0.508 bits per heavy atom. The van der Waals surface area contributed by atoms with Crippen LogP contribution in [0, 0.1) is 6.92 Å². The standard InChI is InChI=1S/C61H50BN3/c1-41-36-56-58-57(37-41)65-59-52(60(2)34-12-13-35-61(60,65)3)30-17-31-54(59)62(58)53-33-32-49(40-55(53)64(56)46-24-8-5-9-25-46)63(47-26-14-22-44(38-47)42-18-6-4-7-19-42)48-27-15-23-45(39-48)51-29-16-21-43-20-10-11-28-50(43)51/h4-11,14-33,36-40H,12-13,34-35H2,1-3H3. The van der Waals surface area contributed by atoms with E-state index in [9.17, 15) is 0 Å². The van der Waals surface area contributed by atoms with Crippen molar-refractivity contribution in [2.45, 2.75) is 57.4 Å². The summed E-state index contributed by atoms with van der Waals surface area (Å²) >= 11 is 0. The highest BCUT2D eigenvalue weighted by Gasteiger charge is 2.61. The van der Waals surface area contributed by atoms with Crippen molar-refractivity contribution in [3.63, 3.8) is 0 Å². The van der Waals surface area contributed by atoms with Gasteiger partial charge < -0.3 is 14.7 Å². The third-order valence-corrected chi connectivity index (χ3v) is 15.8. The number of benzene rings is 9. The summed E-state index contributed by atoms with van der Waals surface area (Å²) in [6.45, 7) is 7.52. The van der Waals surface area contributed by atoms with Gasteiger partial charge in [0, 0.05) is 50.9 Å². The van der Waals surface area contributed by atoms with Crippen LogP contribution in [0.1, 0.15) is 50.7 Å². The second-order valence-electron chi connectivity index (χ2n) is 19.3. The van der Waals surface area contributed by atoms with Crippen LogP contribution in [0.25, 0.3) is 33.0 Å². The Morgan fingerprint density at radius 3 is 1.98 bits per heavy atom. The zero-order chi connectivity index (χ0) is 43.4. The summed E-state index contributed by atoms with van der Waals surface area (Å²) in [5, 5.41) is 2.50. The third-order valence-electron chi connectivity index (χ3n) is 15.8. The zero-order valence-corrected chi connectivity index (χ0v) is 37.3. The molecule has 4 aliphatic rings. The summed E-state index contributed by atoms with van der Waals surface area (Å²) < 4.78 is 0. The van der Waals surface area contributed by atoms with Crippen molar-refractivity contribution < 1.29 is 0 Å². The molecule has 0 aromatic heterocycles. The predicted octanol–water partition coefficient (Wildman–Crippen LogP) is 14.3. The van der Waals surface area contributed by atoms with E-state index in [0.29, 0.717) is 0 Å². The van der Waals surface area contributed by atoms with Crippen LogP contribution in [-0.4, -0.2) is 12.3 Å². The molecule has 0 amide bonds. The second kappa shape index (κ2) is 14.4. The Morgan fingerprint density at radius 2 is 1.15 bits per heavy atom. The Hall–Kier alpha value is -7.30. The smallest absolute Gasteiger partial charge is 0.252 e. The molecule has 312 valence electrons. The minimum Gasteiger partial charge on any atom is -0.335 e. The number of rotatable bonds is 6. The van der Waals surface area contributed by atoms with Crippen molar-refractivity contribution in [2.75, 3.05) is 14.7 Å². The molecule has 0 bridgehead atoms. The van der Waals surface area contributed by atoms with Crippen molar-refractivity contribution in [3.05, 3.63) is 211 Å². The van der Waals surface area contributed by atoms with Crippen LogP contribution in [0.2, 0.25) is 0 Å². The van der Waals surface area contributed by atoms with Crippen LogP contribution in [-0.2, 0) is 5.41 Å². The lowest BCUT2D eigenvalue weighted by Crippen LogP contribution is -2.64. The number of nitrogens with zero attached hydrogens (tertiary/aromatic N) is 3. The minimum atomic E-state index is -0.00665. The SMILES string of the molecule is Cc1cc2c3c(c1)N1c4c(cccc4C4(C)CCCCC14C)B3c1ccc(N(c3cccc(-c4ccccc4)c3)c3cccc(-c4cccc5ccccc45)c3)cc1N2c1ccccc1. The van der Waals surface area contributed by atoms with Gasteiger partial charge in [-0.3, -0.25) is 0 Å². The van der Waals surface area contributed by atoms with Crippen LogP contribution in [0.5, 0.6) is 0 Å². The highest BCUT2D eigenvalue weighted by molar-refractivity contribution is 7.00. The average molecular weight is 836 g/mol. The molecular weight excluding hydrogens is 786 g/mol. The molecule has 13 rings (SSSR count). The summed E-state index contributed by atoms with van der Waals surface area (Å²) in [4.78, 5) is 7.86. The van der Waals surface area contributed by atoms with Gasteiger partial charge in [0.25, 0.3) is 6.71 Å². The fourth-order valence-electron chi connectivity index (χ4n) is 12.6. The number of fused-ring (bicyclic) bond motifs is 8. The molecule has 2 atom stereocenters. The largest absolute Gasteiger partial charge is 0.335 e. The molecular formula is C61H50BN3. The lowest BCUT2D eigenvalue weighted by molar-refractivity contribution is 0.195. The molecule has 0 saturated heterocycles. The first kappa shape index (κ1) is 38.2. The van der Waals surface area contributed by atoms with E-state index in [1.807, 2.05) is 0 Å². The molecule has 2 unspecified atom stereocenters. The second-order valence-corrected chi connectivity index (χ2v) is 19.3. The Labute approximate surface area is 383 Å². The van der Waals surface area contributed by atoms with E-state index in [2.05, 4.69) is 236 Å². The maximum atomic E-state index is 2.83. The number of hydrogen-bond donors (Lipinski definition) is 0. The van der Waals surface area contributed by atoms with Crippen LogP contribution in [0.4, 0.5) is 45.5 Å². The van der Waals surface area contributed by atoms with Crippen molar-refractivity contribution in [2.24, 2.45) is 0 Å². The van der Waals surface area contributed by atoms with Gasteiger partial charge in [0.1, 0.15) is 0 Å². The first-order valence-corrected chi connectivity index (χ1v) is 23.5. The molecule has 0 spiro atoms. The van der Waals surface area contributed by atoms with E-state index in [1.165, 1.54) is 115 Å². The monoisotopic (exact) mass is 835 g/mol. The van der Waals surface area contributed by atoms with Gasteiger partial charge in [-0.05, 0) is 148 Å². The van der Waals surface area contributed by atoms with Gasteiger partial charge in [-0.15, -0.1) is 0 Å². The maximum Gasteiger partial charge on any atom is 0.252 e. The molecule has 0 N–H and O–H groups in total. The van der Waals surface area contributed by atoms with Crippen LogP contribution in [0.3, 0.4) is 0 Å². The van der Waals surface area contributed by atoms with E-state index < -0.39 is 0 Å². The topological polar surface area (TPSA) is 9.72 Å². The quantitative estimate of drug-likeness (QED) is 0.155. The maximum absolute atomic E-state index is 2.83. The van der Waals surface area contributed by atoms with E-state index in [0.717, 1.165) is 17.1 Å². The highest BCUT2D eigenvalue weighted by Crippen LogP contribution is 2.61. The summed E-state index contributed by atoms with van der Waals surface area (Å²) in [6.07, 6.45) is 4.95. The number of hydrogen-bond acceptors (Lipinski definition) is 3. The summed E-state index contributed by atoms with van der Waals surface area (Å²) in [6, 6.07) is 74.9. The van der Waals surface area contributed by atoms with Crippen molar-refractivity contribution >= 4 is 79.4 Å². The molecule has 1 fully saturated rings. The Kier molecular flexibility index (Phi) is 8.44. The van der Waals surface area contributed by atoms with Crippen molar-refractivity contribution in [1.82, 2.24) is 0 Å². The van der Waals surface area contributed by atoms with Gasteiger partial charge in [0.15, 0.2) is 0 Å². The Bertz CT molecular complexity index is 3360. The van der Waals surface area contributed by atoms with Crippen LogP contribution >= 0.6 is 0 Å². The number of anilines is 8. The number of para-hydroxylation sites is 2. The van der Waals surface area contributed by atoms with E-state index in [1.54, 1.807) is 0 Å². The Balaban J connectivity index is 1.06. The fraction of sp³-hybridized carbons (Fsp3) is 0.148. The van der Waals surface area contributed by atoms with E-state index >= 15 is 0 Å². The highest BCUT2D eigenvalue weighted by atomic mass is 15.3. The normalized spacial score (nSPS) is 18.8. The molecule has 0 radical (unpaired) electrons. The summed E-state index contributed by atoms with van der Waals surface area (Å²) in [5.41, 5.74) is 21.8. The van der Waals surface area contributed by atoms with Gasteiger partial charge in [-0.1, -0.05) is 159 Å².